The molecule has 0 heterocycles. The maximum absolute atomic E-state index is 13.3. The first-order valence-electron chi connectivity index (χ1n) is 6.66. The van der Waals surface area contributed by atoms with Gasteiger partial charge in [-0.2, -0.15) is 18.4 Å². The molecular weight excluding hydrogens is 383 g/mol. The molecule has 0 bridgehead atoms. The fraction of sp³-hybridized carbons (Fsp3) is 0.125. The Morgan fingerprint density at radius 1 is 1.20 bits per heavy atom. The van der Waals surface area contributed by atoms with E-state index in [0.29, 0.717) is 12.1 Å². The number of nitrogens with one attached hydrogen (secondary N) is 1. The Morgan fingerprint density at radius 3 is 2.48 bits per heavy atom. The first-order chi connectivity index (χ1) is 11.6. The van der Waals surface area contributed by atoms with Gasteiger partial charge in [0.05, 0.1) is 21.7 Å². The van der Waals surface area contributed by atoms with Crippen molar-refractivity contribution in [2.75, 3.05) is 0 Å². The monoisotopic (exact) mass is 390 g/mol. The lowest BCUT2D eigenvalue weighted by Crippen LogP contribution is -2.28. The summed E-state index contributed by atoms with van der Waals surface area (Å²) in [4.78, 5) is 12.1. The van der Waals surface area contributed by atoms with E-state index in [4.69, 9.17) is 23.2 Å². The fourth-order valence-corrected chi connectivity index (χ4v) is 2.44. The summed E-state index contributed by atoms with van der Waals surface area (Å²) < 4.78 is 51.5. The molecule has 25 heavy (non-hydrogen) atoms. The van der Waals surface area contributed by atoms with Crippen LogP contribution in [0.2, 0.25) is 10.0 Å². The molecule has 0 saturated heterocycles. The predicted molar refractivity (Wildman–Crippen MR) is 83.7 cm³/mol. The highest BCUT2D eigenvalue weighted by molar-refractivity contribution is 6.42. The van der Waals surface area contributed by atoms with Crippen molar-refractivity contribution in [2.24, 2.45) is 0 Å². The van der Waals surface area contributed by atoms with Crippen LogP contribution >= 0.6 is 23.2 Å². The highest BCUT2D eigenvalue weighted by Crippen LogP contribution is 2.32. The van der Waals surface area contributed by atoms with Crippen LogP contribution in [0.15, 0.2) is 36.4 Å². The van der Waals surface area contributed by atoms with Crippen molar-refractivity contribution in [3.05, 3.63) is 69.0 Å². The largest absolute Gasteiger partial charge is 0.419 e. The number of nitrogens with zero attached hydrogens (tertiary/aromatic N) is 1. The molecule has 2 rings (SSSR count). The van der Waals surface area contributed by atoms with Gasteiger partial charge in [-0.25, -0.2) is 4.39 Å². The number of hydrogen-bond acceptors (Lipinski definition) is 2. The topological polar surface area (TPSA) is 52.9 Å². The molecule has 0 aromatic heterocycles. The third-order valence-electron chi connectivity index (χ3n) is 3.23. The van der Waals surface area contributed by atoms with Crippen molar-refractivity contribution in [3.63, 3.8) is 0 Å². The minimum atomic E-state index is -4.95. The smallest absolute Gasteiger partial charge is 0.332 e. The van der Waals surface area contributed by atoms with Crippen LogP contribution in [0.5, 0.6) is 0 Å². The number of benzene rings is 2. The number of alkyl halides is 3. The molecular formula is C16H8Cl2F4N2O. The van der Waals surface area contributed by atoms with Gasteiger partial charge >= 0.3 is 6.18 Å². The highest BCUT2D eigenvalue weighted by Gasteiger charge is 2.34. The van der Waals surface area contributed by atoms with Gasteiger partial charge in [-0.15, -0.1) is 0 Å². The summed E-state index contributed by atoms with van der Waals surface area (Å²) in [6.45, 7) is 0. The summed E-state index contributed by atoms with van der Waals surface area (Å²) in [6.07, 6.45) is -4.95. The van der Waals surface area contributed by atoms with Gasteiger partial charge in [-0.1, -0.05) is 35.3 Å². The lowest BCUT2D eigenvalue weighted by molar-refractivity contribution is -0.140. The molecule has 1 N–H and O–H groups in total. The molecule has 0 unspecified atom stereocenters. The third-order valence-corrected chi connectivity index (χ3v) is 4.06. The lowest BCUT2D eigenvalue weighted by atomic mass is 10.1. The van der Waals surface area contributed by atoms with E-state index in [0.717, 1.165) is 6.07 Å². The second-order valence-corrected chi connectivity index (χ2v) is 5.66. The predicted octanol–water partition coefficient (Wildman–Crippen LogP) is 5.15. The average Bonchev–Trinajstić information content (AvgIpc) is 2.54. The van der Waals surface area contributed by atoms with Gasteiger partial charge in [0, 0.05) is 11.1 Å². The zero-order valence-corrected chi connectivity index (χ0v) is 13.7. The second-order valence-electron chi connectivity index (χ2n) is 4.87. The third kappa shape index (κ3) is 4.21. The molecule has 130 valence electrons. The fourth-order valence-electron chi connectivity index (χ4n) is 2.02. The number of rotatable bonds is 3. The Bertz CT molecular complexity index is 862. The summed E-state index contributed by atoms with van der Waals surface area (Å²) in [6, 6.07) is 6.72. The minimum absolute atomic E-state index is 0.0334. The summed E-state index contributed by atoms with van der Waals surface area (Å²) in [7, 11) is 0. The number of hydrogen-bond donors (Lipinski definition) is 1. The van der Waals surface area contributed by atoms with Gasteiger partial charge in [-0.3, -0.25) is 4.79 Å². The highest BCUT2D eigenvalue weighted by atomic mass is 35.5. The van der Waals surface area contributed by atoms with Gasteiger partial charge in [0.1, 0.15) is 11.9 Å². The van der Waals surface area contributed by atoms with Crippen LogP contribution in [0.4, 0.5) is 17.6 Å². The standard InChI is InChI=1S/C16H8Cl2F4N2O/c17-11-3-1-2-9(14(11)18)13(7-23)24-15(25)8-4-5-12(19)10(6-8)16(20,21)22/h1-6,13H,(H,24,25)/t13-/m1/s1. The molecule has 1 atom stereocenters. The molecule has 0 aliphatic carbocycles. The van der Waals surface area contributed by atoms with Gasteiger partial charge in [0.15, 0.2) is 0 Å². The Morgan fingerprint density at radius 2 is 1.88 bits per heavy atom. The summed E-state index contributed by atoms with van der Waals surface area (Å²) in [5, 5.41) is 11.6. The second kappa shape index (κ2) is 7.30. The van der Waals surface area contributed by atoms with Crippen molar-refractivity contribution >= 4 is 29.1 Å². The lowest BCUT2D eigenvalue weighted by Gasteiger charge is -2.15. The van der Waals surface area contributed by atoms with Crippen LogP contribution in [0, 0.1) is 17.1 Å². The van der Waals surface area contributed by atoms with Crippen molar-refractivity contribution in [2.45, 2.75) is 12.2 Å². The van der Waals surface area contributed by atoms with Crippen LogP contribution in [0.3, 0.4) is 0 Å². The van der Waals surface area contributed by atoms with E-state index in [1.807, 2.05) is 0 Å². The normalized spacial score (nSPS) is 12.4. The maximum Gasteiger partial charge on any atom is 0.419 e. The van der Waals surface area contributed by atoms with Gasteiger partial charge in [0.25, 0.3) is 5.91 Å². The average molecular weight is 391 g/mol. The molecule has 2 aromatic rings. The van der Waals surface area contributed by atoms with E-state index < -0.39 is 35.1 Å². The van der Waals surface area contributed by atoms with E-state index >= 15 is 0 Å². The first-order valence-corrected chi connectivity index (χ1v) is 7.42. The van der Waals surface area contributed by atoms with E-state index in [1.165, 1.54) is 18.2 Å². The quantitative estimate of drug-likeness (QED) is 0.737. The number of nitriles is 1. The molecule has 0 aliphatic heterocycles. The Hall–Kier alpha value is -2.30. The van der Waals surface area contributed by atoms with E-state index in [2.05, 4.69) is 5.32 Å². The van der Waals surface area contributed by atoms with Crippen LogP contribution in [0.25, 0.3) is 0 Å². The van der Waals surface area contributed by atoms with E-state index in [1.54, 1.807) is 6.07 Å². The minimum Gasteiger partial charge on any atom is -0.332 e. The number of carbonyl (C=O) groups excluding carboxylic acids is 1. The molecule has 0 spiro atoms. The van der Waals surface area contributed by atoms with Crippen molar-refractivity contribution in [1.29, 1.82) is 5.26 Å². The molecule has 0 aliphatic rings. The first kappa shape index (κ1) is 19.0. The molecule has 9 heteroatoms. The molecule has 0 fully saturated rings. The number of halogens is 6. The number of amides is 1. The SMILES string of the molecule is N#C[C@@H](NC(=O)c1ccc(F)c(C(F)(F)F)c1)c1cccc(Cl)c1Cl. The molecule has 2 aromatic carbocycles. The molecule has 3 nitrogen and oxygen atoms in total. The Labute approximate surface area is 149 Å². The van der Waals surface area contributed by atoms with Gasteiger partial charge in [0.2, 0.25) is 0 Å². The van der Waals surface area contributed by atoms with Gasteiger partial charge < -0.3 is 5.32 Å². The van der Waals surface area contributed by atoms with Crippen LogP contribution < -0.4 is 5.32 Å². The molecule has 1 amide bonds. The van der Waals surface area contributed by atoms with Crippen LogP contribution in [-0.2, 0) is 6.18 Å². The summed E-state index contributed by atoms with van der Waals surface area (Å²) >= 11 is 11.8. The Balaban J connectivity index is 2.32. The van der Waals surface area contributed by atoms with Crippen LogP contribution in [0.1, 0.15) is 27.5 Å². The zero-order valence-electron chi connectivity index (χ0n) is 12.2. The maximum atomic E-state index is 13.3. The summed E-state index contributed by atoms with van der Waals surface area (Å²) in [5.74, 6) is -2.49. The van der Waals surface area contributed by atoms with Crippen molar-refractivity contribution in [1.82, 2.24) is 5.32 Å². The van der Waals surface area contributed by atoms with E-state index in [9.17, 15) is 27.6 Å². The van der Waals surface area contributed by atoms with Crippen LogP contribution in [-0.4, -0.2) is 5.91 Å². The van der Waals surface area contributed by atoms with E-state index in [-0.39, 0.29) is 15.6 Å². The molecule has 0 radical (unpaired) electrons. The number of carbonyl (C=O) groups is 1. The zero-order chi connectivity index (χ0) is 18.8. The van der Waals surface area contributed by atoms with Crippen molar-refractivity contribution in [3.8, 4) is 6.07 Å². The van der Waals surface area contributed by atoms with Gasteiger partial charge in [-0.05, 0) is 24.3 Å². The van der Waals surface area contributed by atoms with Crippen molar-refractivity contribution < 1.29 is 22.4 Å². The Kier molecular flexibility index (Phi) is 5.55. The summed E-state index contributed by atoms with van der Waals surface area (Å²) in [5.41, 5.74) is -1.84. The molecule has 0 saturated carbocycles.